The van der Waals surface area contributed by atoms with Gasteiger partial charge in [0.25, 0.3) is 0 Å². The third-order valence-electron chi connectivity index (χ3n) is 1.94. The van der Waals surface area contributed by atoms with E-state index in [0.717, 1.165) is 6.16 Å². The van der Waals surface area contributed by atoms with E-state index >= 15 is 0 Å². The molecule has 0 N–H and O–H groups in total. The molecule has 10 heavy (non-hydrogen) atoms. The molecule has 54 valence electrons. The second-order valence-electron chi connectivity index (χ2n) is 2.56. The molecule has 0 aromatic heterocycles. The smallest absolute Gasteiger partial charge is 0.0126 e. The summed E-state index contributed by atoms with van der Waals surface area (Å²) in [5, 5.41) is 0. The highest BCUT2D eigenvalue weighted by atomic mass is 31.0. The summed E-state index contributed by atoms with van der Waals surface area (Å²) in [7, 11) is 2.75. The second-order valence-corrected chi connectivity index (χ2v) is 2.97. The van der Waals surface area contributed by atoms with Crippen LogP contribution in [-0.2, 0) is 6.16 Å². The Morgan fingerprint density at radius 1 is 1.30 bits per heavy atom. The van der Waals surface area contributed by atoms with Gasteiger partial charge < -0.3 is 0 Å². The van der Waals surface area contributed by atoms with E-state index in [-0.39, 0.29) is 0 Å². The van der Waals surface area contributed by atoms with Crippen LogP contribution in [0.5, 0.6) is 0 Å². The first-order valence-corrected chi connectivity index (χ1v) is 4.32. The van der Waals surface area contributed by atoms with Gasteiger partial charge in [0.15, 0.2) is 0 Å². The molecular formula is C9H13P. The highest BCUT2D eigenvalue weighted by molar-refractivity contribution is 7.15. The lowest BCUT2D eigenvalue weighted by molar-refractivity contribution is 1.25. The van der Waals surface area contributed by atoms with Gasteiger partial charge in [-0.1, -0.05) is 18.2 Å². The molecule has 0 aliphatic heterocycles. The zero-order valence-electron chi connectivity index (χ0n) is 6.52. The van der Waals surface area contributed by atoms with Gasteiger partial charge in [0.2, 0.25) is 0 Å². The van der Waals surface area contributed by atoms with Gasteiger partial charge in [-0.2, -0.15) is 0 Å². The minimum atomic E-state index is 1.06. The molecule has 0 aliphatic rings. The molecule has 1 unspecified atom stereocenters. The van der Waals surface area contributed by atoms with Crippen LogP contribution in [0.4, 0.5) is 0 Å². The minimum Gasteiger partial charge on any atom is -0.133 e. The molecule has 0 bridgehead atoms. The Morgan fingerprint density at radius 2 is 2.00 bits per heavy atom. The zero-order valence-corrected chi connectivity index (χ0v) is 7.67. The average Bonchev–Trinajstić information content (AvgIpc) is 1.95. The molecule has 0 saturated heterocycles. The quantitative estimate of drug-likeness (QED) is 0.543. The van der Waals surface area contributed by atoms with Gasteiger partial charge in [0.05, 0.1) is 0 Å². The van der Waals surface area contributed by atoms with Gasteiger partial charge in [0.1, 0.15) is 0 Å². The van der Waals surface area contributed by atoms with Crippen molar-refractivity contribution in [3.05, 3.63) is 34.9 Å². The first-order valence-electron chi connectivity index (χ1n) is 3.51. The van der Waals surface area contributed by atoms with Crippen LogP contribution >= 0.6 is 9.24 Å². The maximum atomic E-state index is 2.75. The fraction of sp³-hybridized carbons (Fsp3) is 0.333. The van der Waals surface area contributed by atoms with Crippen LogP contribution in [0.15, 0.2) is 18.2 Å². The lowest BCUT2D eigenvalue weighted by Gasteiger charge is -2.04. The van der Waals surface area contributed by atoms with Crippen LogP contribution < -0.4 is 0 Å². The van der Waals surface area contributed by atoms with Crippen molar-refractivity contribution in [2.75, 3.05) is 0 Å². The van der Waals surface area contributed by atoms with E-state index < -0.39 is 0 Å². The van der Waals surface area contributed by atoms with Gasteiger partial charge in [0, 0.05) is 0 Å². The number of hydrogen-bond donors (Lipinski definition) is 0. The van der Waals surface area contributed by atoms with E-state index in [1.165, 1.54) is 16.7 Å². The van der Waals surface area contributed by atoms with Crippen molar-refractivity contribution in [2.45, 2.75) is 20.0 Å². The van der Waals surface area contributed by atoms with Crippen molar-refractivity contribution >= 4 is 9.24 Å². The fourth-order valence-corrected chi connectivity index (χ4v) is 1.48. The number of aryl methyl sites for hydroxylation is 1. The lowest BCUT2D eigenvalue weighted by Crippen LogP contribution is -1.86. The van der Waals surface area contributed by atoms with Gasteiger partial charge >= 0.3 is 0 Å². The summed E-state index contributed by atoms with van der Waals surface area (Å²) < 4.78 is 0. The summed E-state index contributed by atoms with van der Waals surface area (Å²) in [4.78, 5) is 0. The van der Waals surface area contributed by atoms with Crippen LogP contribution in [0.3, 0.4) is 0 Å². The first-order chi connectivity index (χ1) is 4.75. The van der Waals surface area contributed by atoms with Crippen molar-refractivity contribution in [1.29, 1.82) is 0 Å². The molecule has 0 radical (unpaired) electrons. The Bertz CT molecular complexity index is 228. The fourth-order valence-electron chi connectivity index (χ4n) is 1.03. The van der Waals surface area contributed by atoms with Crippen LogP contribution in [-0.4, -0.2) is 0 Å². The molecule has 0 spiro atoms. The van der Waals surface area contributed by atoms with Crippen molar-refractivity contribution in [3.8, 4) is 0 Å². The zero-order chi connectivity index (χ0) is 7.56. The minimum absolute atomic E-state index is 1.06. The van der Waals surface area contributed by atoms with Crippen molar-refractivity contribution in [1.82, 2.24) is 0 Å². The van der Waals surface area contributed by atoms with Gasteiger partial charge in [-0.05, 0) is 36.7 Å². The molecule has 0 fully saturated rings. The van der Waals surface area contributed by atoms with Crippen LogP contribution in [0.25, 0.3) is 0 Å². The summed E-state index contributed by atoms with van der Waals surface area (Å²) in [6.07, 6.45) is 1.06. The number of benzene rings is 1. The Kier molecular flexibility index (Phi) is 2.45. The molecule has 0 nitrogen and oxygen atoms in total. The maximum Gasteiger partial charge on any atom is -0.0126 e. The van der Waals surface area contributed by atoms with Gasteiger partial charge in [-0.25, -0.2) is 0 Å². The third kappa shape index (κ3) is 1.38. The highest BCUT2D eigenvalue weighted by Gasteiger charge is 1.95. The standard InChI is InChI=1S/C9H13P/c1-7-4-3-5-9(6-10)8(7)2/h3-5H,6,10H2,1-2H3. The van der Waals surface area contributed by atoms with Crippen LogP contribution in [0, 0.1) is 13.8 Å². The summed E-state index contributed by atoms with van der Waals surface area (Å²) in [6.45, 7) is 4.33. The molecule has 1 rings (SSSR count). The molecule has 0 aliphatic carbocycles. The molecule has 1 heteroatoms. The molecular weight excluding hydrogens is 139 g/mol. The summed E-state index contributed by atoms with van der Waals surface area (Å²) >= 11 is 0. The van der Waals surface area contributed by atoms with Crippen molar-refractivity contribution in [3.63, 3.8) is 0 Å². The first kappa shape index (κ1) is 7.75. The molecule has 0 saturated carbocycles. The van der Waals surface area contributed by atoms with E-state index in [0.29, 0.717) is 0 Å². The lowest BCUT2D eigenvalue weighted by atomic mass is 10.1. The topological polar surface area (TPSA) is 0 Å². The normalized spacial score (nSPS) is 9.90. The molecule has 0 heterocycles. The van der Waals surface area contributed by atoms with Crippen LogP contribution in [0.2, 0.25) is 0 Å². The highest BCUT2D eigenvalue weighted by Crippen LogP contribution is 2.14. The molecule has 1 aromatic rings. The largest absolute Gasteiger partial charge is 0.133 e. The van der Waals surface area contributed by atoms with E-state index in [2.05, 4.69) is 41.3 Å². The van der Waals surface area contributed by atoms with E-state index in [9.17, 15) is 0 Å². The summed E-state index contributed by atoms with van der Waals surface area (Å²) in [5.74, 6) is 0. The average molecular weight is 152 g/mol. The van der Waals surface area contributed by atoms with Crippen LogP contribution in [0.1, 0.15) is 16.7 Å². The van der Waals surface area contributed by atoms with Crippen molar-refractivity contribution < 1.29 is 0 Å². The molecule has 0 amide bonds. The monoisotopic (exact) mass is 152 g/mol. The summed E-state index contributed by atoms with van der Waals surface area (Å²) in [6, 6.07) is 6.44. The van der Waals surface area contributed by atoms with Gasteiger partial charge in [-0.15, -0.1) is 9.24 Å². The Hall–Kier alpha value is -0.350. The van der Waals surface area contributed by atoms with E-state index in [1.54, 1.807) is 0 Å². The molecule has 1 atom stereocenters. The van der Waals surface area contributed by atoms with E-state index in [1.807, 2.05) is 0 Å². The SMILES string of the molecule is Cc1cccc(CP)c1C. The molecule has 1 aromatic carbocycles. The predicted molar refractivity (Wildman–Crippen MR) is 49.3 cm³/mol. The summed E-state index contributed by atoms with van der Waals surface area (Å²) in [5.41, 5.74) is 4.25. The second kappa shape index (κ2) is 3.16. The number of rotatable bonds is 1. The Labute approximate surface area is 64.9 Å². The number of hydrogen-bond acceptors (Lipinski definition) is 0. The maximum absolute atomic E-state index is 2.75. The third-order valence-corrected chi connectivity index (χ3v) is 2.38. The van der Waals surface area contributed by atoms with E-state index in [4.69, 9.17) is 0 Å². The Morgan fingerprint density at radius 3 is 2.50 bits per heavy atom. The van der Waals surface area contributed by atoms with Gasteiger partial charge in [-0.3, -0.25) is 0 Å². The predicted octanol–water partition coefficient (Wildman–Crippen LogP) is 2.68. The Balaban J connectivity index is 3.14. The van der Waals surface area contributed by atoms with Crippen molar-refractivity contribution in [2.24, 2.45) is 0 Å².